The zero-order valence-corrected chi connectivity index (χ0v) is 15.8. The molecule has 1 aliphatic heterocycles. The van der Waals surface area contributed by atoms with Crippen molar-refractivity contribution in [1.82, 2.24) is 9.55 Å². The molecule has 5 atom stereocenters. The highest BCUT2D eigenvalue weighted by Crippen LogP contribution is 2.52. The topological polar surface area (TPSA) is 156 Å². The summed E-state index contributed by atoms with van der Waals surface area (Å²) in [6, 6.07) is -1.44. The number of rotatable bonds is 8. The molecule has 0 aromatic carbocycles. The zero-order chi connectivity index (χ0) is 22.4. The fourth-order valence-electron chi connectivity index (χ4n) is 4.06. The highest BCUT2D eigenvalue weighted by atomic mass is 19.3. The summed E-state index contributed by atoms with van der Waals surface area (Å²) in [5, 5.41) is 18.5. The second kappa shape index (κ2) is 7.74. The third kappa shape index (κ3) is 4.32. The van der Waals surface area contributed by atoms with Crippen LogP contribution in [0, 0.1) is 11.8 Å². The molecule has 1 saturated carbocycles. The van der Waals surface area contributed by atoms with Crippen LogP contribution in [-0.2, 0) is 19.1 Å². The number of nitrogens with one attached hydrogen (secondary N) is 1. The zero-order valence-electron chi connectivity index (χ0n) is 15.8. The molecule has 1 saturated heterocycles. The molecule has 2 aliphatic rings. The SMILES string of the molecule is CC(=O)C[C@H]1O[C@H](c2cn(C3CC3(F)F)c(=O)[nH]c2=O)[C@@H](CC(=O)O)[C@H]1CC(=O)O. The van der Waals surface area contributed by atoms with Crippen molar-refractivity contribution in [3.63, 3.8) is 0 Å². The van der Waals surface area contributed by atoms with E-state index in [1.54, 1.807) is 0 Å². The van der Waals surface area contributed by atoms with Gasteiger partial charge in [-0.2, -0.15) is 0 Å². The number of nitrogens with zero attached hydrogens (tertiary/aromatic N) is 1. The molecule has 3 rings (SSSR count). The van der Waals surface area contributed by atoms with Crippen molar-refractivity contribution in [1.29, 1.82) is 0 Å². The second-order valence-corrected chi connectivity index (χ2v) is 7.76. The van der Waals surface area contributed by atoms with Crippen LogP contribution in [0.15, 0.2) is 15.8 Å². The Labute approximate surface area is 167 Å². The maximum absolute atomic E-state index is 13.5. The number of carbonyl (C=O) groups excluding carboxylic acids is 1. The van der Waals surface area contributed by atoms with Crippen molar-refractivity contribution in [3.8, 4) is 0 Å². The first-order chi connectivity index (χ1) is 13.9. The van der Waals surface area contributed by atoms with Gasteiger partial charge in [-0.05, 0) is 6.92 Å². The van der Waals surface area contributed by atoms with Crippen LogP contribution in [-0.4, -0.2) is 49.5 Å². The Morgan fingerprint density at radius 1 is 1.17 bits per heavy atom. The van der Waals surface area contributed by atoms with Gasteiger partial charge in [0.15, 0.2) is 0 Å². The number of ketones is 1. The number of aromatic nitrogens is 2. The largest absolute Gasteiger partial charge is 0.481 e. The number of ether oxygens (including phenoxy) is 1. The second-order valence-electron chi connectivity index (χ2n) is 7.76. The summed E-state index contributed by atoms with van der Waals surface area (Å²) in [6.45, 7) is 1.25. The number of Topliss-reactive ketones (excluding diaryl/α,β-unsaturated/α-hetero) is 1. The van der Waals surface area contributed by atoms with Crippen LogP contribution in [0.2, 0.25) is 0 Å². The van der Waals surface area contributed by atoms with Crippen LogP contribution >= 0.6 is 0 Å². The Balaban J connectivity index is 2.05. The third-order valence-corrected chi connectivity index (χ3v) is 5.48. The molecule has 0 spiro atoms. The van der Waals surface area contributed by atoms with Crippen LogP contribution in [0.1, 0.15) is 50.3 Å². The van der Waals surface area contributed by atoms with Gasteiger partial charge in [-0.1, -0.05) is 0 Å². The summed E-state index contributed by atoms with van der Waals surface area (Å²) in [7, 11) is 0. The molecule has 10 nitrogen and oxygen atoms in total. The van der Waals surface area contributed by atoms with Gasteiger partial charge in [-0.25, -0.2) is 13.6 Å². The van der Waals surface area contributed by atoms with Crippen molar-refractivity contribution in [2.45, 2.75) is 56.8 Å². The maximum Gasteiger partial charge on any atom is 0.328 e. The Morgan fingerprint density at radius 3 is 2.23 bits per heavy atom. The number of H-pyrrole nitrogens is 1. The van der Waals surface area contributed by atoms with Crippen molar-refractivity contribution in [2.24, 2.45) is 11.8 Å². The average molecular weight is 430 g/mol. The Kier molecular flexibility index (Phi) is 5.63. The van der Waals surface area contributed by atoms with Crippen molar-refractivity contribution < 1.29 is 38.1 Å². The first kappa shape index (κ1) is 21.8. The summed E-state index contributed by atoms with van der Waals surface area (Å²) in [5.41, 5.74) is -2.25. The van der Waals surface area contributed by atoms with E-state index in [0.717, 1.165) is 6.20 Å². The van der Waals surface area contributed by atoms with Gasteiger partial charge in [0.25, 0.3) is 11.5 Å². The summed E-state index contributed by atoms with van der Waals surface area (Å²) in [4.78, 5) is 60.6. The van der Waals surface area contributed by atoms with E-state index in [-0.39, 0.29) is 17.8 Å². The van der Waals surface area contributed by atoms with Crippen molar-refractivity contribution in [3.05, 3.63) is 32.6 Å². The molecule has 2 fully saturated rings. The minimum Gasteiger partial charge on any atom is -0.481 e. The van der Waals surface area contributed by atoms with E-state index >= 15 is 0 Å². The van der Waals surface area contributed by atoms with Crippen molar-refractivity contribution in [2.75, 3.05) is 0 Å². The van der Waals surface area contributed by atoms with Gasteiger partial charge < -0.3 is 14.9 Å². The molecule has 1 aliphatic carbocycles. The van der Waals surface area contributed by atoms with Crippen LogP contribution in [0.4, 0.5) is 8.78 Å². The predicted molar refractivity (Wildman–Crippen MR) is 94.3 cm³/mol. The maximum atomic E-state index is 13.5. The predicted octanol–water partition coefficient (Wildman–Crippen LogP) is 0.718. The van der Waals surface area contributed by atoms with Crippen molar-refractivity contribution >= 4 is 17.7 Å². The first-order valence-electron chi connectivity index (χ1n) is 9.22. The number of halogens is 2. The molecule has 30 heavy (non-hydrogen) atoms. The van der Waals surface area contributed by atoms with Gasteiger partial charge in [0.2, 0.25) is 0 Å². The smallest absolute Gasteiger partial charge is 0.328 e. The molecular formula is C18H20F2N2O8. The summed E-state index contributed by atoms with van der Waals surface area (Å²) >= 11 is 0. The van der Waals surface area contributed by atoms with E-state index in [9.17, 15) is 43.0 Å². The lowest BCUT2D eigenvalue weighted by Gasteiger charge is -2.21. The fourth-order valence-corrected chi connectivity index (χ4v) is 4.06. The minimum absolute atomic E-state index is 0.206. The van der Waals surface area contributed by atoms with E-state index < -0.39 is 78.5 Å². The van der Waals surface area contributed by atoms with Crippen LogP contribution in [0.3, 0.4) is 0 Å². The molecule has 2 heterocycles. The number of carboxylic acid groups (broad SMARTS) is 2. The van der Waals surface area contributed by atoms with Gasteiger partial charge in [-0.15, -0.1) is 0 Å². The molecule has 0 bridgehead atoms. The Bertz CT molecular complexity index is 1000. The lowest BCUT2D eigenvalue weighted by molar-refractivity contribution is -0.141. The highest BCUT2D eigenvalue weighted by Gasteiger charge is 2.59. The normalized spacial score (nSPS) is 29.5. The minimum atomic E-state index is -3.11. The van der Waals surface area contributed by atoms with E-state index in [0.29, 0.717) is 4.57 Å². The third-order valence-electron chi connectivity index (χ3n) is 5.48. The molecule has 164 valence electrons. The number of carboxylic acids is 2. The fraction of sp³-hybridized carbons (Fsp3) is 0.611. The molecule has 0 amide bonds. The van der Waals surface area contributed by atoms with Gasteiger partial charge in [0, 0.05) is 30.9 Å². The molecule has 3 N–H and O–H groups in total. The lowest BCUT2D eigenvalue weighted by Crippen LogP contribution is -2.34. The summed E-state index contributed by atoms with van der Waals surface area (Å²) < 4.78 is 33.3. The standard InChI is InChI=1S/C18H20F2N2O8/c1-7(23)2-11-8(3-13(24)25)9(4-14(26)27)15(30-11)10-6-22(12-5-18(12,19)20)17(29)21-16(10)28/h6,8-9,11-12,15H,2-5H2,1H3,(H,24,25)(H,26,27)(H,21,28,29)/t8-,9+,11-,12?,15+/m1/s1. The number of aromatic amines is 1. The number of alkyl halides is 2. The van der Waals surface area contributed by atoms with E-state index in [1.165, 1.54) is 6.92 Å². The lowest BCUT2D eigenvalue weighted by atomic mass is 9.80. The number of hydrogen-bond donors (Lipinski definition) is 3. The molecule has 12 heteroatoms. The van der Waals surface area contributed by atoms with E-state index in [2.05, 4.69) is 0 Å². The van der Waals surface area contributed by atoms with Crippen LogP contribution < -0.4 is 11.2 Å². The van der Waals surface area contributed by atoms with E-state index in [1.807, 2.05) is 4.98 Å². The summed E-state index contributed by atoms with van der Waals surface area (Å²) in [6.07, 6.45) is -3.22. The molecular weight excluding hydrogens is 410 g/mol. The quantitative estimate of drug-likeness (QED) is 0.545. The summed E-state index contributed by atoms with van der Waals surface area (Å²) in [5.74, 6) is -7.90. The molecule has 1 aromatic heterocycles. The van der Waals surface area contributed by atoms with Gasteiger partial charge in [0.1, 0.15) is 11.8 Å². The monoisotopic (exact) mass is 430 g/mol. The highest BCUT2D eigenvalue weighted by molar-refractivity contribution is 5.76. The van der Waals surface area contributed by atoms with Gasteiger partial charge >= 0.3 is 17.6 Å². The van der Waals surface area contributed by atoms with Gasteiger partial charge in [-0.3, -0.25) is 28.7 Å². The number of hydrogen-bond acceptors (Lipinski definition) is 6. The van der Waals surface area contributed by atoms with Crippen LogP contribution in [0.5, 0.6) is 0 Å². The average Bonchev–Trinajstić information content (AvgIpc) is 3.11. The molecule has 1 unspecified atom stereocenters. The Hall–Kier alpha value is -2.89. The number of aliphatic carboxylic acids is 2. The van der Waals surface area contributed by atoms with Gasteiger partial charge in [0.05, 0.1) is 30.6 Å². The molecule has 0 radical (unpaired) electrons. The number of carbonyl (C=O) groups is 3. The first-order valence-corrected chi connectivity index (χ1v) is 9.22. The van der Waals surface area contributed by atoms with E-state index in [4.69, 9.17) is 4.74 Å². The molecule has 1 aromatic rings. The Morgan fingerprint density at radius 2 is 1.73 bits per heavy atom. The van der Waals surface area contributed by atoms with Crippen LogP contribution in [0.25, 0.3) is 0 Å².